The van der Waals surface area contributed by atoms with Gasteiger partial charge >= 0.3 is 0 Å². The SMILES string of the molecule is CC(=O)/C(=C/c1ccccc1)Oc1ccccc1OCCN1CCCCC1.Cl.O. The average Bonchev–Trinajstić information content (AvgIpc) is 2.70. The lowest BCUT2D eigenvalue weighted by Gasteiger charge is -2.26. The molecule has 0 spiro atoms. The summed E-state index contributed by atoms with van der Waals surface area (Å²) in [5, 5.41) is 0. The molecule has 0 atom stereocenters. The Morgan fingerprint density at radius 1 is 0.966 bits per heavy atom. The van der Waals surface area contributed by atoms with Crippen molar-refractivity contribution in [2.24, 2.45) is 0 Å². The number of carbonyl (C=O) groups excluding carboxylic acids is 1. The molecule has 2 aromatic rings. The van der Waals surface area contributed by atoms with Crippen molar-refractivity contribution in [3.63, 3.8) is 0 Å². The number of nitrogens with zero attached hydrogens (tertiary/aromatic N) is 1. The number of para-hydroxylation sites is 2. The highest BCUT2D eigenvalue weighted by Gasteiger charge is 2.13. The summed E-state index contributed by atoms with van der Waals surface area (Å²) in [6.45, 7) is 5.33. The Morgan fingerprint density at radius 2 is 1.59 bits per heavy atom. The lowest BCUT2D eigenvalue weighted by molar-refractivity contribution is -0.115. The van der Waals surface area contributed by atoms with Gasteiger partial charge in [-0.3, -0.25) is 9.69 Å². The molecule has 1 aliphatic heterocycles. The Morgan fingerprint density at radius 3 is 2.24 bits per heavy atom. The first kappa shape index (κ1) is 24.7. The van der Waals surface area contributed by atoms with Crippen molar-refractivity contribution < 1.29 is 19.7 Å². The van der Waals surface area contributed by atoms with E-state index in [2.05, 4.69) is 4.90 Å². The largest absolute Gasteiger partial charge is 0.488 e. The molecule has 1 heterocycles. The molecule has 158 valence electrons. The monoisotopic (exact) mass is 419 g/mol. The van der Waals surface area contributed by atoms with Crippen LogP contribution in [0, 0.1) is 0 Å². The van der Waals surface area contributed by atoms with Crippen LogP contribution in [-0.4, -0.2) is 42.4 Å². The van der Waals surface area contributed by atoms with Crippen LogP contribution < -0.4 is 9.47 Å². The van der Waals surface area contributed by atoms with E-state index in [4.69, 9.17) is 9.47 Å². The third-order valence-electron chi connectivity index (χ3n) is 4.63. The van der Waals surface area contributed by atoms with Crippen molar-refractivity contribution in [2.45, 2.75) is 26.2 Å². The number of benzene rings is 2. The highest BCUT2D eigenvalue weighted by atomic mass is 35.5. The van der Waals surface area contributed by atoms with Crippen molar-refractivity contribution in [3.05, 3.63) is 65.9 Å². The van der Waals surface area contributed by atoms with Gasteiger partial charge in [0.25, 0.3) is 0 Å². The van der Waals surface area contributed by atoms with E-state index in [0.29, 0.717) is 23.9 Å². The Labute approximate surface area is 179 Å². The van der Waals surface area contributed by atoms with Crippen molar-refractivity contribution in [2.75, 3.05) is 26.2 Å². The third-order valence-corrected chi connectivity index (χ3v) is 4.63. The maximum Gasteiger partial charge on any atom is 0.194 e. The molecule has 0 aromatic heterocycles. The fourth-order valence-corrected chi connectivity index (χ4v) is 3.14. The molecule has 1 aliphatic rings. The van der Waals surface area contributed by atoms with Gasteiger partial charge in [0.05, 0.1) is 0 Å². The summed E-state index contributed by atoms with van der Waals surface area (Å²) in [4.78, 5) is 14.5. The molecule has 6 heteroatoms. The molecule has 0 unspecified atom stereocenters. The van der Waals surface area contributed by atoms with Gasteiger partial charge in [-0.25, -0.2) is 0 Å². The number of halogens is 1. The highest BCUT2D eigenvalue weighted by Crippen LogP contribution is 2.29. The van der Waals surface area contributed by atoms with Crippen LogP contribution in [-0.2, 0) is 4.79 Å². The summed E-state index contributed by atoms with van der Waals surface area (Å²) < 4.78 is 11.9. The molecule has 1 saturated heterocycles. The summed E-state index contributed by atoms with van der Waals surface area (Å²) in [5.41, 5.74) is 0.922. The Kier molecular flexibility index (Phi) is 11.1. The van der Waals surface area contributed by atoms with E-state index in [1.54, 1.807) is 6.08 Å². The standard InChI is InChI=1S/C23H27NO3.ClH.H2O/c1-19(25)23(18-20-10-4-2-5-11-20)27-22-13-7-6-12-21(22)26-17-16-24-14-8-3-9-15-24;;/h2,4-7,10-13,18H,3,8-9,14-17H2,1H3;1H;1H2/b23-18-;;. The summed E-state index contributed by atoms with van der Waals surface area (Å²) in [5.74, 6) is 1.40. The van der Waals surface area contributed by atoms with Gasteiger partial charge in [-0.05, 0) is 49.7 Å². The van der Waals surface area contributed by atoms with Gasteiger partial charge in [0, 0.05) is 13.5 Å². The number of hydrogen-bond acceptors (Lipinski definition) is 4. The Hall–Kier alpha value is -2.34. The minimum atomic E-state index is -0.123. The van der Waals surface area contributed by atoms with Crippen LogP contribution >= 0.6 is 12.4 Å². The molecule has 0 radical (unpaired) electrons. The Balaban J connectivity index is 0.00000210. The van der Waals surface area contributed by atoms with E-state index < -0.39 is 0 Å². The van der Waals surface area contributed by atoms with Gasteiger partial charge < -0.3 is 14.9 Å². The summed E-state index contributed by atoms with van der Waals surface area (Å²) in [6, 6.07) is 17.2. The molecular weight excluding hydrogens is 390 g/mol. The molecule has 29 heavy (non-hydrogen) atoms. The van der Waals surface area contributed by atoms with E-state index in [0.717, 1.165) is 25.2 Å². The molecule has 1 fully saturated rings. The number of Topliss-reactive ketones (excluding diaryl/α,β-unsaturated/α-hetero) is 1. The average molecular weight is 420 g/mol. The normalized spacial score (nSPS) is 14.3. The number of allylic oxidation sites excluding steroid dienone is 1. The van der Waals surface area contributed by atoms with Crippen molar-refractivity contribution >= 4 is 24.3 Å². The zero-order valence-corrected chi connectivity index (χ0v) is 17.6. The van der Waals surface area contributed by atoms with E-state index in [1.807, 2.05) is 54.6 Å². The van der Waals surface area contributed by atoms with Crippen LogP contribution in [0.1, 0.15) is 31.7 Å². The first-order chi connectivity index (χ1) is 13.2. The van der Waals surface area contributed by atoms with Crippen LogP contribution in [0.4, 0.5) is 0 Å². The minimum Gasteiger partial charge on any atom is -0.488 e. The zero-order chi connectivity index (χ0) is 18.9. The number of carbonyl (C=O) groups is 1. The van der Waals surface area contributed by atoms with E-state index in [1.165, 1.54) is 26.2 Å². The van der Waals surface area contributed by atoms with Crippen molar-refractivity contribution in [1.82, 2.24) is 4.90 Å². The number of likely N-dealkylation sites (tertiary alicyclic amines) is 1. The number of piperidine rings is 1. The van der Waals surface area contributed by atoms with E-state index in [9.17, 15) is 4.79 Å². The molecule has 2 N–H and O–H groups in total. The van der Waals surface area contributed by atoms with E-state index >= 15 is 0 Å². The number of ketones is 1. The fraction of sp³-hybridized carbons (Fsp3) is 0.348. The second-order valence-electron chi connectivity index (χ2n) is 6.78. The van der Waals surface area contributed by atoms with Crippen LogP contribution in [0.2, 0.25) is 0 Å². The van der Waals surface area contributed by atoms with Crippen LogP contribution in [0.15, 0.2) is 60.4 Å². The van der Waals surface area contributed by atoms with Crippen molar-refractivity contribution in [3.8, 4) is 11.5 Å². The van der Waals surface area contributed by atoms with Gasteiger partial charge in [-0.15, -0.1) is 12.4 Å². The molecule has 0 bridgehead atoms. The number of hydrogen-bond donors (Lipinski definition) is 0. The van der Waals surface area contributed by atoms with Gasteiger partial charge in [-0.1, -0.05) is 48.9 Å². The smallest absolute Gasteiger partial charge is 0.194 e. The fourth-order valence-electron chi connectivity index (χ4n) is 3.14. The second-order valence-corrected chi connectivity index (χ2v) is 6.78. The van der Waals surface area contributed by atoms with Gasteiger partial charge in [0.2, 0.25) is 0 Å². The lowest BCUT2D eigenvalue weighted by Crippen LogP contribution is -2.33. The highest BCUT2D eigenvalue weighted by molar-refractivity contribution is 5.96. The summed E-state index contributed by atoms with van der Waals surface area (Å²) in [6.07, 6.45) is 5.63. The first-order valence-corrected chi connectivity index (χ1v) is 9.62. The number of ether oxygens (including phenoxy) is 2. The molecule has 0 aliphatic carbocycles. The summed E-state index contributed by atoms with van der Waals surface area (Å²) >= 11 is 0. The number of rotatable bonds is 8. The maximum absolute atomic E-state index is 12.0. The lowest BCUT2D eigenvalue weighted by atomic mass is 10.1. The topological polar surface area (TPSA) is 70.3 Å². The molecule has 0 amide bonds. The molecule has 5 nitrogen and oxygen atoms in total. The third kappa shape index (κ3) is 7.89. The van der Waals surface area contributed by atoms with Gasteiger partial charge in [-0.2, -0.15) is 0 Å². The van der Waals surface area contributed by atoms with Gasteiger partial charge in [0.1, 0.15) is 6.61 Å². The van der Waals surface area contributed by atoms with E-state index in [-0.39, 0.29) is 23.7 Å². The van der Waals surface area contributed by atoms with Crippen LogP contribution in [0.5, 0.6) is 11.5 Å². The first-order valence-electron chi connectivity index (χ1n) is 9.62. The maximum atomic E-state index is 12.0. The van der Waals surface area contributed by atoms with Crippen LogP contribution in [0.3, 0.4) is 0 Å². The van der Waals surface area contributed by atoms with Crippen LogP contribution in [0.25, 0.3) is 6.08 Å². The molecule has 0 saturated carbocycles. The molecule has 2 aromatic carbocycles. The Bertz CT molecular complexity index is 773. The molecular formula is C23H30ClNO4. The van der Waals surface area contributed by atoms with Gasteiger partial charge in [0.15, 0.2) is 23.0 Å². The van der Waals surface area contributed by atoms with Crippen molar-refractivity contribution in [1.29, 1.82) is 0 Å². The summed E-state index contributed by atoms with van der Waals surface area (Å²) in [7, 11) is 0. The predicted octanol–water partition coefficient (Wildman–Crippen LogP) is 4.16. The predicted molar refractivity (Wildman–Crippen MR) is 119 cm³/mol. The second kappa shape index (κ2) is 13.0. The molecule has 3 rings (SSSR count). The minimum absolute atomic E-state index is 0. The quantitative estimate of drug-likeness (QED) is 0.476. The zero-order valence-electron chi connectivity index (χ0n) is 16.8.